The highest BCUT2D eigenvalue weighted by Gasteiger charge is 2.11. The zero-order valence-corrected chi connectivity index (χ0v) is 10.2. The van der Waals surface area contributed by atoms with Crippen molar-refractivity contribution in [2.45, 2.75) is 32.5 Å². The Balaban J connectivity index is 2.18. The van der Waals surface area contributed by atoms with E-state index in [1.54, 1.807) is 25.4 Å². The summed E-state index contributed by atoms with van der Waals surface area (Å²) in [5.74, 6) is 0. The first-order valence-electron chi connectivity index (χ1n) is 5.11. The zero-order valence-electron chi connectivity index (χ0n) is 9.34. The number of carbonyl (C=O) groups excluding carboxylic acids is 1. The summed E-state index contributed by atoms with van der Waals surface area (Å²) in [6.45, 7) is 3.93. The summed E-state index contributed by atoms with van der Waals surface area (Å²) in [7, 11) is 0. The van der Waals surface area contributed by atoms with Gasteiger partial charge in [0.25, 0.3) is 0 Å². The third kappa shape index (κ3) is 4.59. The average Bonchev–Trinajstić information content (AvgIpc) is 2.68. The van der Waals surface area contributed by atoms with Gasteiger partial charge in [0.1, 0.15) is 11.1 Å². The Morgan fingerprint density at radius 3 is 3.00 bits per heavy atom. The summed E-state index contributed by atoms with van der Waals surface area (Å²) in [5.41, 5.74) is 0. The van der Waals surface area contributed by atoms with Crippen molar-refractivity contribution in [2.24, 2.45) is 0 Å². The lowest BCUT2D eigenvalue weighted by molar-refractivity contribution is 0.112. The van der Waals surface area contributed by atoms with Gasteiger partial charge in [0.05, 0.1) is 6.10 Å². The molecule has 0 unspecified atom stereocenters. The standard InChI is InChI=1S/C10H16N2O3S/c1-7(2)15-10(14)12-4-3-8(13)9-11-5-6-16-9/h5-8,13H,3-4H2,1-2H3,(H,12,14)/t8-/m0/s1. The van der Waals surface area contributed by atoms with Crippen LogP contribution in [0.15, 0.2) is 11.6 Å². The number of aliphatic hydroxyl groups is 1. The minimum atomic E-state index is -0.626. The Kier molecular flexibility index (Phi) is 5.21. The van der Waals surface area contributed by atoms with Crippen molar-refractivity contribution in [3.8, 4) is 0 Å². The maximum absolute atomic E-state index is 11.1. The van der Waals surface area contributed by atoms with E-state index < -0.39 is 12.2 Å². The van der Waals surface area contributed by atoms with E-state index in [0.717, 1.165) is 0 Å². The lowest BCUT2D eigenvalue weighted by Gasteiger charge is -2.11. The Labute approximate surface area is 98.5 Å². The lowest BCUT2D eigenvalue weighted by Crippen LogP contribution is -2.28. The van der Waals surface area contributed by atoms with Crippen LogP contribution in [0.3, 0.4) is 0 Å². The fourth-order valence-electron chi connectivity index (χ4n) is 1.09. The first-order chi connectivity index (χ1) is 7.59. The van der Waals surface area contributed by atoms with E-state index in [-0.39, 0.29) is 6.10 Å². The van der Waals surface area contributed by atoms with Crippen molar-refractivity contribution in [3.63, 3.8) is 0 Å². The molecule has 0 radical (unpaired) electrons. The van der Waals surface area contributed by atoms with Gasteiger partial charge in [-0.2, -0.15) is 0 Å². The van der Waals surface area contributed by atoms with Gasteiger partial charge in [-0.15, -0.1) is 11.3 Å². The molecule has 1 heterocycles. The van der Waals surface area contributed by atoms with Gasteiger partial charge in [0.2, 0.25) is 0 Å². The van der Waals surface area contributed by atoms with E-state index in [1.165, 1.54) is 11.3 Å². The van der Waals surface area contributed by atoms with Gasteiger partial charge in [-0.3, -0.25) is 0 Å². The van der Waals surface area contributed by atoms with Crippen LogP contribution in [-0.4, -0.2) is 28.8 Å². The second-order valence-electron chi connectivity index (χ2n) is 3.56. The summed E-state index contributed by atoms with van der Waals surface area (Å²) >= 11 is 1.40. The number of rotatable bonds is 5. The Bertz CT molecular complexity index is 314. The Morgan fingerprint density at radius 2 is 2.44 bits per heavy atom. The molecule has 0 fully saturated rings. The van der Waals surface area contributed by atoms with Crippen LogP contribution in [0.2, 0.25) is 0 Å². The number of aliphatic hydroxyl groups excluding tert-OH is 1. The smallest absolute Gasteiger partial charge is 0.407 e. The first kappa shape index (κ1) is 12.9. The van der Waals surface area contributed by atoms with Gasteiger partial charge < -0.3 is 15.2 Å². The number of aromatic nitrogens is 1. The summed E-state index contributed by atoms with van der Waals surface area (Å²) in [6.07, 6.45) is 0.856. The van der Waals surface area contributed by atoms with Gasteiger partial charge in [0, 0.05) is 18.1 Å². The molecule has 0 aliphatic rings. The summed E-state index contributed by atoms with van der Waals surface area (Å²) in [4.78, 5) is 15.1. The summed E-state index contributed by atoms with van der Waals surface area (Å²) in [5, 5.41) is 14.7. The molecule has 0 aromatic carbocycles. The van der Waals surface area contributed by atoms with Crippen LogP contribution in [0.1, 0.15) is 31.4 Å². The van der Waals surface area contributed by atoms with Crippen molar-refractivity contribution < 1.29 is 14.6 Å². The minimum Gasteiger partial charge on any atom is -0.447 e. The van der Waals surface area contributed by atoms with Crippen molar-refractivity contribution in [1.29, 1.82) is 0 Å². The minimum absolute atomic E-state index is 0.135. The average molecular weight is 244 g/mol. The van der Waals surface area contributed by atoms with Crippen LogP contribution in [-0.2, 0) is 4.74 Å². The molecule has 0 aliphatic heterocycles. The number of alkyl carbamates (subject to hydrolysis) is 1. The molecule has 1 aromatic heterocycles. The SMILES string of the molecule is CC(C)OC(=O)NCC[C@H](O)c1nccs1. The number of nitrogens with one attached hydrogen (secondary N) is 1. The summed E-state index contributed by atoms with van der Waals surface area (Å²) in [6, 6.07) is 0. The molecule has 1 amide bonds. The van der Waals surface area contributed by atoms with E-state index in [4.69, 9.17) is 4.74 Å². The fourth-order valence-corrected chi connectivity index (χ4v) is 1.75. The molecule has 1 aromatic rings. The highest BCUT2D eigenvalue weighted by atomic mass is 32.1. The van der Waals surface area contributed by atoms with E-state index in [1.807, 2.05) is 0 Å². The van der Waals surface area contributed by atoms with Crippen LogP contribution in [0.4, 0.5) is 4.79 Å². The van der Waals surface area contributed by atoms with Crippen molar-refractivity contribution >= 4 is 17.4 Å². The number of nitrogens with zero attached hydrogens (tertiary/aromatic N) is 1. The molecule has 16 heavy (non-hydrogen) atoms. The molecule has 90 valence electrons. The Hall–Kier alpha value is -1.14. The van der Waals surface area contributed by atoms with Crippen LogP contribution in [0.5, 0.6) is 0 Å². The fraction of sp³-hybridized carbons (Fsp3) is 0.600. The summed E-state index contributed by atoms with van der Waals surface area (Å²) < 4.78 is 4.88. The molecule has 0 saturated carbocycles. The molecule has 1 rings (SSSR count). The second-order valence-corrected chi connectivity index (χ2v) is 4.48. The van der Waals surface area contributed by atoms with Gasteiger partial charge in [-0.1, -0.05) is 0 Å². The quantitative estimate of drug-likeness (QED) is 0.827. The van der Waals surface area contributed by atoms with Crippen LogP contribution in [0.25, 0.3) is 0 Å². The predicted octanol–water partition coefficient (Wildman–Crippen LogP) is 1.70. The van der Waals surface area contributed by atoms with Crippen molar-refractivity contribution in [3.05, 3.63) is 16.6 Å². The van der Waals surface area contributed by atoms with Crippen LogP contribution in [0, 0.1) is 0 Å². The highest BCUT2D eigenvalue weighted by molar-refractivity contribution is 7.09. The third-order valence-corrected chi connectivity index (χ3v) is 2.64. The molecule has 2 N–H and O–H groups in total. The molecular weight excluding hydrogens is 228 g/mol. The predicted molar refractivity (Wildman–Crippen MR) is 61.3 cm³/mol. The molecular formula is C10H16N2O3S. The third-order valence-electron chi connectivity index (χ3n) is 1.77. The molecule has 0 spiro atoms. The second kappa shape index (κ2) is 6.44. The van der Waals surface area contributed by atoms with Gasteiger partial charge in [-0.25, -0.2) is 9.78 Å². The number of carbonyl (C=O) groups is 1. The van der Waals surface area contributed by atoms with Crippen molar-refractivity contribution in [2.75, 3.05) is 6.54 Å². The zero-order chi connectivity index (χ0) is 12.0. The number of hydrogen-bond acceptors (Lipinski definition) is 5. The normalized spacial score (nSPS) is 12.5. The first-order valence-corrected chi connectivity index (χ1v) is 5.99. The van der Waals surface area contributed by atoms with Crippen molar-refractivity contribution in [1.82, 2.24) is 10.3 Å². The van der Waals surface area contributed by atoms with Crippen LogP contribution < -0.4 is 5.32 Å². The van der Waals surface area contributed by atoms with Gasteiger partial charge in [-0.05, 0) is 20.3 Å². The van der Waals surface area contributed by atoms with E-state index >= 15 is 0 Å². The van der Waals surface area contributed by atoms with Gasteiger partial charge >= 0.3 is 6.09 Å². The number of ether oxygens (including phenoxy) is 1. The molecule has 0 bridgehead atoms. The largest absolute Gasteiger partial charge is 0.447 e. The molecule has 0 saturated heterocycles. The molecule has 5 nitrogen and oxygen atoms in total. The highest BCUT2D eigenvalue weighted by Crippen LogP contribution is 2.17. The maximum atomic E-state index is 11.1. The van der Waals surface area contributed by atoms with E-state index in [2.05, 4.69) is 10.3 Å². The lowest BCUT2D eigenvalue weighted by atomic mass is 10.2. The van der Waals surface area contributed by atoms with E-state index in [0.29, 0.717) is 18.0 Å². The number of hydrogen-bond donors (Lipinski definition) is 2. The Morgan fingerprint density at radius 1 is 1.69 bits per heavy atom. The van der Waals surface area contributed by atoms with Gasteiger partial charge in [0.15, 0.2) is 0 Å². The molecule has 6 heteroatoms. The topological polar surface area (TPSA) is 71.5 Å². The monoisotopic (exact) mass is 244 g/mol. The van der Waals surface area contributed by atoms with Crippen LogP contribution >= 0.6 is 11.3 Å². The number of amides is 1. The maximum Gasteiger partial charge on any atom is 0.407 e. The van der Waals surface area contributed by atoms with E-state index in [9.17, 15) is 9.90 Å². The molecule has 0 aliphatic carbocycles. The number of thiazole rings is 1. The molecule has 1 atom stereocenters.